The molecule has 0 saturated carbocycles. The van der Waals surface area contributed by atoms with E-state index < -0.39 is 18.9 Å². The van der Waals surface area contributed by atoms with Gasteiger partial charge in [0.25, 0.3) is 6.43 Å². The number of hydrogen-bond donors (Lipinski definition) is 1. The molecule has 0 amide bonds. The molecular weight excluding hydrogens is 361 g/mol. The molecule has 1 aliphatic heterocycles. The molecule has 1 radical (unpaired) electrons. The maximum atomic E-state index is 12.1. The van der Waals surface area contributed by atoms with E-state index in [0.29, 0.717) is 4.48 Å². The number of carboxylic acid groups (broad SMARTS) is 1. The summed E-state index contributed by atoms with van der Waals surface area (Å²) in [7, 11) is 0. The number of carboxylic acids is 1. The zero-order valence-corrected chi connectivity index (χ0v) is 12.5. The largest absolute Gasteiger partial charge is 0.521 e. The molecule has 16 heavy (non-hydrogen) atoms. The molecule has 0 saturated heterocycles. The summed E-state index contributed by atoms with van der Waals surface area (Å²) in [5, 5.41) is 8.69. The summed E-state index contributed by atoms with van der Waals surface area (Å²) in [5.41, 5.74) is 0.0789. The Bertz CT molecular complexity index is 369. The Morgan fingerprint density at radius 2 is 2.25 bits per heavy atom. The van der Waals surface area contributed by atoms with Crippen LogP contribution in [0.5, 0.6) is 0 Å². The summed E-state index contributed by atoms with van der Waals surface area (Å²) in [6.45, 7) is 2.91. The second-order valence-electron chi connectivity index (χ2n) is 2.77. The number of alkyl halides is 2. The van der Waals surface area contributed by atoms with Crippen LogP contribution in [0.3, 0.4) is 0 Å². The van der Waals surface area contributed by atoms with Crippen LogP contribution in [0.25, 0.3) is 0 Å². The molecule has 1 aliphatic rings. The smallest absolute Gasteiger partial charge is 0.254 e. The number of hydrogen-bond acceptors (Lipinski definition) is 2. The molecular formula is C9H7BrF2NO2Y-. The number of aliphatic carboxylic acids is 1. The van der Waals surface area contributed by atoms with Crippen LogP contribution in [0.4, 0.5) is 8.78 Å². The fourth-order valence-electron chi connectivity index (χ4n) is 0.988. The second-order valence-corrected chi connectivity index (χ2v) is 3.63. The molecule has 1 rings (SSSR count). The number of carbonyl (C=O) groups is 1. The van der Waals surface area contributed by atoms with Crippen molar-refractivity contribution in [1.82, 2.24) is 4.90 Å². The number of allylic oxidation sites excluding steroid dienone is 1. The molecule has 0 spiro atoms. The van der Waals surface area contributed by atoms with Gasteiger partial charge in [0, 0.05) is 32.7 Å². The molecule has 85 valence electrons. The third-order valence-corrected chi connectivity index (χ3v) is 2.37. The van der Waals surface area contributed by atoms with Crippen molar-refractivity contribution in [3.8, 4) is 0 Å². The van der Waals surface area contributed by atoms with E-state index in [-0.39, 0.29) is 44.0 Å². The Balaban J connectivity index is 0.00000225. The van der Waals surface area contributed by atoms with Gasteiger partial charge in [0.1, 0.15) is 0 Å². The number of nitrogens with zero attached hydrogens (tertiary/aromatic N) is 1. The monoisotopic (exact) mass is 367 g/mol. The van der Waals surface area contributed by atoms with Crippen molar-refractivity contribution in [1.29, 1.82) is 0 Å². The van der Waals surface area contributed by atoms with Crippen molar-refractivity contribution < 1.29 is 51.4 Å². The Morgan fingerprint density at radius 1 is 1.69 bits per heavy atom. The standard InChI is InChI=1S/C9H7BrF2NO2.Y/c1-5-7(10)2-6(9(14)15)3-13(5)4-8(11)12;/h2,8H,1,4H2,(H,14,15);/q-1;. The molecule has 7 heteroatoms. The average molecular weight is 368 g/mol. The Hall–Kier alpha value is -0.0661. The van der Waals surface area contributed by atoms with Crippen molar-refractivity contribution in [2.24, 2.45) is 0 Å². The van der Waals surface area contributed by atoms with Crippen LogP contribution < -0.4 is 0 Å². The van der Waals surface area contributed by atoms with Crippen LogP contribution in [0.2, 0.25) is 0 Å². The van der Waals surface area contributed by atoms with E-state index in [1.807, 2.05) is 0 Å². The van der Waals surface area contributed by atoms with Crippen LogP contribution in [0, 0.1) is 6.20 Å². The molecule has 0 bridgehead atoms. The van der Waals surface area contributed by atoms with Crippen LogP contribution in [0.15, 0.2) is 28.4 Å². The summed E-state index contributed by atoms with van der Waals surface area (Å²) in [5.74, 6) is -1.22. The first kappa shape index (κ1) is 15.9. The van der Waals surface area contributed by atoms with Gasteiger partial charge in [0.15, 0.2) is 0 Å². The molecule has 0 aliphatic carbocycles. The third kappa shape index (κ3) is 4.07. The van der Waals surface area contributed by atoms with Gasteiger partial charge in [-0.1, -0.05) is 22.1 Å². The van der Waals surface area contributed by atoms with E-state index in [2.05, 4.69) is 28.7 Å². The first-order valence-electron chi connectivity index (χ1n) is 3.91. The van der Waals surface area contributed by atoms with Crippen LogP contribution >= 0.6 is 15.9 Å². The summed E-state index contributed by atoms with van der Waals surface area (Å²) in [6, 6.07) is 0. The van der Waals surface area contributed by atoms with Gasteiger partial charge in [0.2, 0.25) is 5.97 Å². The van der Waals surface area contributed by atoms with Crippen LogP contribution in [0.1, 0.15) is 0 Å². The van der Waals surface area contributed by atoms with Crippen molar-refractivity contribution in [3.05, 3.63) is 34.6 Å². The fourth-order valence-corrected chi connectivity index (χ4v) is 1.43. The predicted molar refractivity (Wildman–Crippen MR) is 53.3 cm³/mol. The quantitative estimate of drug-likeness (QED) is 0.777. The van der Waals surface area contributed by atoms with Gasteiger partial charge < -0.3 is 14.8 Å². The summed E-state index contributed by atoms with van der Waals surface area (Å²) >= 11 is 3.04. The molecule has 0 atom stereocenters. The van der Waals surface area contributed by atoms with E-state index in [1.54, 1.807) is 0 Å². The number of rotatable bonds is 3. The van der Waals surface area contributed by atoms with Crippen molar-refractivity contribution in [2.75, 3.05) is 6.54 Å². The SMILES string of the molecule is C=C1C(Br)=CC(C(=O)O)=[C-]N1CC(F)F.[Y]. The zero-order valence-electron chi connectivity index (χ0n) is 8.08. The maximum absolute atomic E-state index is 12.1. The molecule has 0 unspecified atom stereocenters. The number of halogens is 3. The summed E-state index contributed by atoms with van der Waals surface area (Å²) < 4.78 is 24.6. The van der Waals surface area contributed by atoms with Crippen molar-refractivity contribution in [2.45, 2.75) is 6.43 Å². The molecule has 0 aromatic heterocycles. The molecule has 3 nitrogen and oxygen atoms in total. The third-order valence-electron chi connectivity index (χ3n) is 1.68. The normalized spacial score (nSPS) is 15.5. The van der Waals surface area contributed by atoms with Crippen molar-refractivity contribution >= 4 is 21.9 Å². The van der Waals surface area contributed by atoms with E-state index in [9.17, 15) is 13.6 Å². The summed E-state index contributed by atoms with van der Waals surface area (Å²) in [6.07, 6.45) is 1.02. The van der Waals surface area contributed by atoms with E-state index in [0.717, 1.165) is 4.90 Å². The minimum Gasteiger partial charge on any atom is -0.521 e. The van der Waals surface area contributed by atoms with E-state index in [4.69, 9.17) is 5.11 Å². The van der Waals surface area contributed by atoms with Gasteiger partial charge in [-0.05, 0) is 15.8 Å². The van der Waals surface area contributed by atoms with Gasteiger partial charge in [-0.25, -0.2) is 8.78 Å². The molecule has 0 aromatic rings. The van der Waals surface area contributed by atoms with E-state index >= 15 is 0 Å². The first-order chi connectivity index (χ1) is 6.91. The fraction of sp³-hybridized carbons (Fsp3) is 0.222. The van der Waals surface area contributed by atoms with E-state index in [1.165, 1.54) is 6.08 Å². The molecule has 1 heterocycles. The minimum atomic E-state index is -2.58. The Labute approximate surface area is 125 Å². The van der Waals surface area contributed by atoms with Gasteiger partial charge in [-0.2, -0.15) is 0 Å². The zero-order chi connectivity index (χ0) is 11.6. The molecule has 0 aromatic carbocycles. The summed E-state index contributed by atoms with van der Waals surface area (Å²) in [4.78, 5) is 11.6. The topological polar surface area (TPSA) is 40.5 Å². The van der Waals surface area contributed by atoms with Gasteiger partial charge in [-0.3, -0.25) is 0 Å². The van der Waals surface area contributed by atoms with Gasteiger partial charge in [-0.15, -0.1) is 12.7 Å². The second kappa shape index (κ2) is 6.62. The molecule has 1 N–H and O–H groups in total. The first-order valence-corrected chi connectivity index (χ1v) is 4.70. The van der Waals surface area contributed by atoms with Gasteiger partial charge >= 0.3 is 0 Å². The predicted octanol–water partition coefficient (Wildman–Crippen LogP) is 2.13. The maximum Gasteiger partial charge on any atom is 0.254 e. The minimum absolute atomic E-state index is 0. The Kier molecular flexibility index (Phi) is 6.59. The average Bonchev–Trinajstić information content (AvgIpc) is 2.11. The van der Waals surface area contributed by atoms with Crippen LogP contribution in [-0.2, 0) is 37.5 Å². The van der Waals surface area contributed by atoms with Crippen LogP contribution in [-0.4, -0.2) is 28.9 Å². The Morgan fingerprint density at radius 3 is 2.69 bits per heavy atom. The molecule has 0 fully saturated rings. The van der Waals surface area contributed by atoms with Crippen molar-refractivity contribution in [3.63, 3.8) is 0 Å². The van der Waals surface area contributed by atoms with Gasteiger partial charge in [0.05, 0.1) is 6.54 Å².